The van der Waals surface area contributed by atoms with E-state index in [0.29, 0.717) is 6.04 Å². The average molecular weight is 240 g/mol. The Labute approximate surface area is 101 Å². The number of hydrogen-bond acceptors (Lipinski definition) is 4. The highest BCUT2D eigenvalue weighted by atomic mass is 32.1. The molecule has 1 heterocycles. The van der Waals surface area contributed by atoms with E-state index in [4.69, 9.17) is 4.74 Å². The van der Waals surface area contributed by atoms with E-state index in [1.807, 2.05) is 17.5 Å². The first-order valence-electron chi connectivity index (χ1n) is 5.96. The molecule has 16 heavy (non-hydrogen) atoms. The highest BCUT2D eigenvalue weighted by Crippen LogP contribution is 2.38. The van der Waals surface area contributed by atoms with Crippen LogP contribution in [-0.4, -0.2) is 24.7 Å². The Morgan fingerprint density at radius 2 is 2.44 bits per heavy atom. The van der Waals surface area contributed by atoms with E-state index in [-0.39, 0.29) is 0 Å². The minimum absolute atomic E-state index is 0.402. The summed E-state index contributed by atoms with van der Waals surface area (Å²) in [5, 5.41) is 4.77. The van der Waals surface area contributed by atoms with Crippen molar-refractivity contribution in [2.75, 3.05) is 13.7 Å². The summed E-state index contributed by atoms with van der Waals surface area (Å²) in [5.41, 5.74) is 0. The quantitative estimate of drug-likeness (QED) is 0.829. The van der Waals surface area contributed by atoms with E-state index in [2.05, 4.69) is 17.2 Å². The van der Waals surface area contributed by atoms with Crippen LogP contribution in [0, 0.1) is 0 Å². The van der Waals surface area contributed by atoms with Gasteiger partial charge in [-0.2, -0.15) is 0 Å². The predicted molar refractivity (Wildman–Crippen MR) is 66.9 cm³/mol. The molecule has 1 unspecified atom stereocenters. The molecule has 3 nitrogen and oxygen atoms in total. The molecule has 0 aliphatic heterocycles. The topological polar surface area (TPSA) is 34.1 Å². The molecule has 0 aromatic carbocycles. The SMILES string of the molecule is COCC(C)NCc1cnc(C2CCC2)s1. The van der Waals surface area contributed by atoms with Gasteiger partial charge in [-0.25, -0.2) is 4.98 Å². The molecule has 1 atom stereocenters. The highest BCUT2D eigenvalue weighted by Gasteiger charge is 2.22. The number of aromatic nitrogens is 1. The molecule has 0 bridgehead atoms. The number of nitrogens with zero attached hydrogens (tertiary/aromatic N) is 1. The molecular formula is C12H20N2OS. The van der Waals surface area contributed by atoms with Crippen molar-refractivity contribution in [3.8, 4) is 0 Å². The Morgan fingerprint density at radius 1 is 1.62 bits per heavy atom. The Balaban J connectivity index is 1.78. The maximum atomic E-state index is 5.09. The molecule has 1 aromatic heterocycles. The lowest BCUT2D eigenvalue weighted by atomic mass is 9.86. The van der Waals surface area contributed by atoms with Crippen LogP contribution in [0.4, 0.5) is 0 Å². The summed E-state index contributed by atoms with van der Waals surface area (Å²) in [7, 11) is 1.74. The average Bonchev–Trinajstić information content (AvgIpc) is 2.61. The van der Waals surface area contributed by atoms with Gasteiger partial charge in [0.05, 0.1) is 11.6 Å². The van der Waals surface area contributed by atoms with Gasteiger partial charge in [0, 0.05) is 36.7 Å². The first kappa shape index (κ1) is 12.0. The summed E-state index contributed by atoms with van der Waals surface area (Å²) in [5.74, 6) is 0.759. The Hall–Kier alpha value is -0.450. The number of methoxy groups -OCH3 is 1. The standard InChI is InChI=1S/C12H20N2OS/c1-9(8-15-2)13-6-11-7-14-12(16-11)10-4-3-5-10/h7,9-10,13H,3-6,8H2,1-2H3. The fraction of sp³-hybridized carbons (Fsp3) is 0.750. The molecular weight excluding hydrogens is 220 g/mol. The second-order valence-electron chi connectivity index (χ2n) is 4.53. The van der Waals surface area contributed by atoms with Gasteiger partial charge >= 0.3 is 0 Å². The van der Waals surface area contributed by atoms with E-state index in [9.17, 15) is 0 Å². The van der Waals surface area contributed by atoms with Crippen molar-refractivity contribution >= 4 is 11.3 Å². The third-order valence-corrected chi connectivity index (χ3v) is 4.23. The molecule has 1 saturated carbocycles. The third kappa shape index (κ3) is 3.03. The van der Waals surface area contributed by atoms with Crippen LogP contribution >= 0.6 is 11.3 Å². The van der Waals surface area contributed by atoms with Crippen LogP contribution in [0.3, 0.4) is 0 Å². The summed E-state index contributed by atoms with van der Waals surface area (Å²) < 4.78 is 5.09. The molecule has 1 fully saturated rings. The van der Waals surface area contributed by atoms with Gasteiger partial charge in [0.1, 0.15) is 0 Å². The van der Waals surface area contributed by atoms with Crippen LogP contribution in [0.25, 0.3) is 0 Å². The smallest absolute Gasteiger partial charge is 0.0959 e. The zero-order valence-corrected chi connectivity index (χ0v) is 10.8. The third-order valence-electron chi connectivity index (χ3n) is 3.07. The molecule has 1 aliphatic carbocycles. The van der Waals surface area contributed by atoms with Crippen molar-refractivity contribution in [2.45, 2.75) is 44.7 Å². The number of hydrogen-bond donors (Lipinski definition) is 1. The molecule has 0 saturated heterocycles. The van der Waals surface area contributed by atoms with Crippen LogP contribution in [0.1, 0.15) is 42.0 Å². The van der Waals surface area contributed by atoms with E-state index in [1.165, 1.54) is 29.1 Å². The van der Waals surface area contributed by atoms with Crippen molar-refractivity contribution in [1.82, 2.24) is 10.3 Å². The summed E-state index contributed by atoms with van der Waals surface area (Å²) in [4.78, 5) is 5.85. The summed E-state index contributed by atoms with van der Waals surface area (Å²) in [6, 6.07) is 0.402. The van der Waals surface area contributed by atoms with Gasteiger partial charge in [0.2, 0.25) is 0 Å². The Kier molecular flexibility index (Phi) is 4.32. The molecule has 0 spiro atoms. The molecule has 0 amide bonds. The van der Waals surface area contributed by atoms with E-state index in [1.54, 1.807) is 7.11 Å². The maximum Gasteiger partial charge on any atom is 0.0959 e. The number of thiazole rings is 1. The fourth-order valence-electron chi connectivity index (χ4n) is 1.83. The number of rotatable bonds is 6. The van der Waals surface area contributed by atoms with Crippen molar-refractivity contribution in [3.63, 3.8) is 0 Å². The van der Waals surface area contributed by atoms with Gasteiger partial charge in [0.25, 0.3) is 0 Å². The minimum Gasteiger partial charge on any atom is -0.383 e. The molecule has 4 heteroatoms. The van der Waals surface area contributed by atoms with Crippen LogP contribution in [0.2, 0.25) is 0 Å². The van der Waals surface area contributed by atoms with Crippen LogP contribution in [0.15, 0.2) is 6.20 Å². The first-order chi connectivity index (χ1) is 7.79. The van der Waals surface area contributed by atoms with E-state index >= 15 is 0 Å². The predicted octanol–water partition coefficient (Wildman–Crippen LogP) is 2.54. The monoisotopic (exact) mass is 240 g/mol. The summed E-state index contributed by atoms with van der Waals surface area (Å²) in [6.07, 6.45) is 6.06. The van der Waals surface area contributed by atoms with E-state index < -0.39 is 0 Å². The number of ether oxygens (including phenoxy) is 1. The molecule has 1 N–H and O–H groups in total. The lowest BCUT2D eigenvalue weighted by molar-refractivity contribution is 0.172. The Bertz CT molecular complexity index is 323. The lowest BCUT2D eigenvalue weighted by Gasteiger charge is -2.22. The molecule has 0 radical (unpaired) electrons. The summed E-state index contributed by atoms with van der Waals surface area (Å²) >= 11 is 1.86. The lowest BCUT2D eigenvalue weighted by Crippen LogP contribution is -2.29. The van der Waals surface area contributed by atoms with Gasteiger partial charge in [-0.05, 0) is 19.8 Å². The van der Waals surface area contributed by atoms with Crippen LogP contribution in [0.5, 0.6) is 0 Å². The largest absolute Gasteiger partial charge is 0.383 e. The fourth-order valence-corrected chi connectivity index (χ4v) is 2.87. The molecule has 2 rings (SSSR count). The van der Waals surface area contributed by atoms with Gasteiger partial charge < -0.3 is 10.1 Å². The van der Waals surface area contributed by atoms with Gasteiger partial charge in [0.15, 0.2) is 0 Å². The highest BCUT2D eigenvalue weighted by molar-refractivity contribution is 7.11. The van der Waals surface area contributed by atoms with Gasteiger partial charge in [-0.1, -0.05) is 6.42 Å². The normalized spacial score (nSPS) is 18.4. The van der Waals surface area contributed by atoms with Gasteiger partial charge in [-0.3, -0.25) is 0 Å². The van der Waals surface area contributed by atoms with Crippen molar-refractivity contribution in [3.05, 3.63) is 16.1 Å². The molecule has 90 valence electrons. The van der Waals surface area contributed by atoms with Crippen LogP contribution < -0.4 is 5.32 Å². The summed E-state index contributed by atoms with van der Waals surface area (Å²) in [6.45, 7) is 3.81. The second-order valence-corrected chi connectivity index (χ2v) is 5.68. The second kappa shape index (κ2) is 5.75. The zero-order chi connectivity index (χ0) is 11.4. The maximum absolute atomic E-state index is 5.09. The first-order valence-corrected chi connectivity index (χ1v) is 6.78. The minimum atomic E-state index is 0.402. The number of nitrogens with one attached hydrogen (secondary N) is 1. The Morgan fingerprint density at radius 3 is 3.06 bits per heavy atom. The molecule has 1 aromatic rings. The van der Waals surface area contributed by atoms with Crippen molar-refractivity contribution in [2.24, 2.45) is 0 Å². The molecule has 1 aliphatic rings. The van der Waals surface area contributed by atoms with E-state index in [0.717, 1.165) is 19.1 Å². The van der Waals surface area contributed by atoms with Crippen molar-refractivity contribution in [1.29, 1.82) is 0 Å². The zero-order valence-electron chi connectivity index (χ0n) is 10.0. The van der Waals surface area contributed by atoms with Crippen LogP contribution in [-0.2, 0) is 11.3 Å². The van der Waals surface area contributed by atoms with Gasteiger partial charge in [-0.15, -0.1) is 11.3 Å². The van der Waals surface area contributed by atoms with Crippen molar-refractivity contribution < 1.29 is 4.74 Å².